The van der Waals surface area contributed by atoms with Gasteiger partial charge in [0.2, 0.25) is 17.8 Å². The van der Waals surface area contributed by atoms with Gasteiger partial charge >= 0.3 is 0 Å². The monoisotopic (exact) mass is 802 g/mol. The molecule has 0 radical (unpaired) electrons. The molecule has 15 heteroatoms. The first kappa shape index (κ1) is 39.9. The zero-order valence-corrected chi connectivity index (χ0v) is 34.5. The summed E-state index contributed by atoms with van der Waals surface area (Å²) in [5.74, 6) is -0.0200. The van der Waals surface area contributed by atoms with Crippen molar-refractivity contribution in [1.82, 2.24) is 39.5 Å². The molecule has 1 atom stereocenters. The predicted octanol–water partition coefficient (Wildman–Crippen LogP) is 5.70. The van der Waals surface area contributed by atoms with Crippen molar-refractivity contribution in [3.63, 3.8) is 0 Å². The van der Waals surface area contributed by atoms with E-state index in [4.69, 9.17) is 4.98 Å². The Labute approximate surface area is 344 Å². The summed E-state index contributed by atoms with van der Waals surface area (Å²) in [4.78, 5) is 85.5. The molecule has 4 fully saturated rings. The predicted molar refractivity (Wildman–Crippen MR) is 223 cm³/mol. The van der Waals surface area contributed by atoms with E-state index in [0.29, 0.717) is 54.6 Å². The highest BCUT2D eigenvalue weighted by Gasteiger charge is 2.41. The van der Waals surface area contributed by atoms with Crippen molar-refractivity contribution >= 4 is 58.0 Å². The van der Waals surface area contributed by atoms with Crippen LogP contribution in [0.2, 0.25) is 0 Å². The van der Waals surface area contributed by atoms with Crippen LogP contribution in [0.1, 0.15) is 121 Å². The first-order valence-corrected chi connectivity index (χ1v) is 21.2. The van der Waals surface area contributed by atoms with Crippen LogP contribution in [0.4, 0.5) is 17.5 Å². The second-order valence-electron chi connectivity index (χ2n) is 16.6. The first-order chi connectivity index (χ1) is 28.6. The normalized spacial score (nSPS) is 20.4. The lowest BCUT2D eigenvalue weighted by Crippen LogP contribution is -2.52. The zero-order valence-electron chi connectivity index (χ0n) is 34.5. The molecule has 0 bridgehead atoms. The van der Waals surface area contributed by atoms with Crippen LogP contribution in [0.25, 0.3) is 11.0 Å². The highest BCUT2D eigenvalue weighted by Crippen LogP contribution is 2.43. The lowest BCUT2D eigenvalue weighted by Gasteiger charge is -2.47. The van der Waals surface area contributed by atoms with Gasteiger partial charge in [0.15, 0.2) is 0 Å². The molecule has 3 aromatic heterocycles. The molecule has 9 rings (SSSR count). The number of imide groups is 1. The number of piperidine rings is 3. The third-order valence-corrected chi connectivity index (χ3v) is 13.0. The number of carbonyl (C=O) groups is 5. The Kier molecular flexibility index (Phi) is 11.1. The van der Waals surface area contributed by atoms with Gasteiger partial charge in [0.05, 0.1) is 5.56 Å². The minimum absolute atomic E-state index is 0.0272. The summed E-state index contributed by atoms with van der Waals surface area (Å²) in [5.41, 5.74) is 4.61. The molecular weight excluding hydrogens is 749 g/mol. The summed E-state index contributed by atoms with van der Waals surface area (Å²) < 4.78 is 2.08. The summed E-state index contributed by atoms with van der Waals surface area (Å²) in [6, 6.07) is 11.1. The Hall–Kier alpha value is -5.86. The van der Waals surface area contributed by atoms with Crippen LogP contribution in [-0.2, 0) is 16.1 Å². The van der Waals surface area contributed by atoms with Crippen LogP contribution in [0.3, 0.4) is 0 Å². The van der Waals surface area contributed by atoms with Crippen LogP contribution in [0.15, 0.2) is 48.8 Å². The van der Waals surface area contributed by atoms with Crippen molar-refractivity contribution in [1.29, 1.82) is 0 Å². The molecule has 4 aromatic rings. The third kappa shape index (κ3) is 7.74. The maximum Gasteiger partial charge on any atom is 0.270 e. The van der Waals surface area contributed by atoms with Crippen LogP contribution < -0.4 is 15.5 Å². The van der Waals surface area contributed by atoms with Crippen molar-refractivity contribution < 1.29 is 24.0 Å². The fraction of sp³-hybridized carbons (Fsp3) is 0.500. The van der Waals surface area contributed by atoms with Crippen molar-refractivity contribution in [3.05, 3.63) is 71.2 Å². The maximum atomic E-state index is 13.6. The quantitative estimate of drug-likeness (QED) is 0.222. The summed E-state index contributed by atoms with van der Waals surface area (Å²) in [7, 11) is 3.52. The molecule has 59 heavy (non-hydrogen) atoms. The lowest BCUT2D eigenvalue weighted by molar-refractivity contribution is -0.136. The minimum atomic E-state index is -0.620. The summed E-state index contributed by atoms with van der Waals surface area (Å²) in [5, 5.41) is 6.38. The SMILES string of the molecule is CC.CN(C)C(=O)c1cc2cnc(Nc3ccc(C(=O)N4CCC5(CC4)CCN(c4ccc6c(c4)C(=O)N(C4CCC(=O)NC4=O)C6)CC5)cn3)nc2n1C1CCCC1. The number of fused-ring (bicyclic) bond motifs is 2. The van der Waals surface area contributed by atoms with Gasteiger partial charge in [0.1, 0.15) is 23.2 Å². The van der Waals surface area contributed by atoms with E-state index in [0.717, 1.165) is 86.7 Å². The molecule has 1 spiro atoms. The van der Waals surface area contributed by atoms with Gasteiger partial charge in [-0.3, -0.25) is 29.3 Å². The van der Waals surface area contributed by atoms with E-state index in [1.54, 1.807) is 48.4 Å². The van der Waals surface area contributed by atoms with E-state index in [1.165, 1.54) is 0 Å². The Morgan fingerprint density at radius 1 is 0.881 bits per heavy atom. The second kappa shape index (κ2) is 16.4. The zero-order chi connectivity index (χ0) is 41.4. The molecule has 7 heterocycles. The van der Waals surface area contributed by atoms with Gasteiger partial charge in [-0.15, -0.1) is 0 Å². The molecule has 15 nitrogen and oxygen atoms in total. The fourth-order valence-corrected chi connectivity index (χ4v) is 9.55. The van der Waals surface area contributed by atoms with E-state index >= 15 is 0 Å². The number of likely N-dealkylation sites (tertiary alicyclic amines) is 1. The van der Waals surface area contributed by atoms with Crippen LogP contribution in [-0.4, -0.2) is 110 Å². The number of rotatable bonds is 7. The average Bonchev–Trinajstić information content (AvgIpc) is 4.00. The third-order valence-electron chi connectivity index (χ3n) is 13.0. The molecule has 2 N–H and O–H groups in total. The van der Waals surface area contributed by atoms with E-state index in [1.807, 2.05) is 36.9 Å². The number of anilines is 3. The summed E-state index contributed by atoms with van der Waals surface area (Å²) in [6.07, 6.45) is 12.1. The largest absolute Gasteiger partial charge is 0.371 e. The van der Waals surface area contributed by atoms with Crippen LogP contribution >= 0.6 is 0 Å². The Bertz CT molecular complexity index is 2260. The van der Waals surface area contributed by atoms with E-state index in [9.17, 15) is 24.0 Å². The molecule has 310 valence electrons. The van der Waals surface area contributed by atoms with Gasteiger partial charge < -0.3 is 29.5 Å². The topological polar surface area (TPSA) is 166 Å². The van der Waals surface area contributed by atoms with Crippen molar-refractivity contribution in [3.8, 4) is 0 Å². The van der Waals surface area contributed by atoms with Crippen LogP contribution in [0.5, 0.6) is 0 Å². The lowest BCUT2D eigenvalue weighted by atomic mass is 9.71. The Balaban J connectivity index is 0.00000238. The molecule has 4 aliphatic heterocycles. The van der Waals surface area contributed by atoms with E-state index in [-0.39, 0.29) is 41.5 Å². The number of aromatic nitrogens is 4. The standard InChI is InChI=1S/C42H48N10O5.C2H6/c1-48(2)40(57)33-21-28-24-44-41(47-36(28)52(33)29-5-3-4-6-29)45-34-11-8-26(23-43-34)38(55)50-19-15-42(16-20-50)13-17-49(18-14-42)30-9-7-27-25-51(39(56)31(27)22-30)32-10-12-35(53)46-37(32)54;1-2/h7-9,11,21-24,29,32H,3-6,10,12-20,25H2,1-2H3,(H,46,53,54)(H,43,44,45,47);1-2H3. The number of amides is 5. The van der Waals surface area contributed by atoms with Gasteiger partial charge in [-0.2, -0.15) is 4.98 Å². The van der Waals surface area contributed by atoms with E-state index in [2.05, 4.69) is 36.1 Å². The molecule has 1 unspecified atom stereocenters. The van der Waals surface area contributed by atoms with Gasteiger partial charge in [-0.1, -0.05) is 32.8 Å². The molecule has 1 aromatic carbocycles. The first-order valence-electron chi connectivity index (χ1n) is 21.2. The number of nitrogens with one attached hydrogen (secondary N) is 2. The number of pyridine rings is 1. The highest BCUT2D eigenvalue weighted by molar-refractivity contribution is 6.06. The summed E-state index contributed by atoms with van der Waals surface area (Å²) >= 11 is 0. The minimum Gasteiger partial charge on any atom is -0.371 e. The molecule has 5 aliphatic rings. The average molecular weight is 803 g/mol. The molecule has 1 aliphatic carbocycles. The van der Waals surface area contributed by atoms with Crippen LogP contribution in [0, 0.1) is 5.41 Å². The number of carbonyl (C=O) groups excluding carboxylic acids is 5. The highest BCUT2D eigenvalue weighted by atomic mass is 16.2. The fourth-order valence-electron chi connectivity index (χ4n) is 9.55. The van der Waals surface area contributed by atoms with Gasteiger partial charge in [0.25, 0.3) is 17.7 Å². The van der Waals surface area contributed by atoms with Gasteiger partial charge in [0, 0.05) is 88.3 Å². The smallest absolute Gasteiger partial charge is 0.270 e. The van der Waals surface area contributed by atoms with Gasteiger partial charge in [-0.05, 0) is 86.3 Å². The number of hydrogen-bond acceptors (Lipinski definition) is 10. The molecule has 3 saturated heterocycles. The molecular formula is C44H54N10O5. The molecule has 5 amide bonds. The van der Waals surface area contributed by atoms with Crippen molar-refractivity contribution in [2.24, 2.45) is 5.41 Å². The number of nitrogens with zero attached hydrogens (tertiary/aromatic N) is 8. The number of benzene rings is 1. The Morgan fingerprint density at radius 2 is 1.61 bits per heavy atom. The Morgan fingerprint density at radius 3 is 2.29 bits per heavy atom. The maximum absolute atomic E-state index is 13.6. The molecule has 1 saturated carbocycles. The van der Waals surface area contributed by atoms with Crippen molar-refractivity contribution in [2.45, 2.75) is 96.7 Å². The second-order valence-corrected chi connectivity index (χ2v) is 16.6. The number of hydrogen-bond donors (Lipinski definition) is 2. The summed E-state index contributed by atoms with van der Waals surface area (Å²) in [6.45, 7) is 7.49. The van der Waals surface area contributed by atoms with Gasteiger partial charge in [-0.25, -0.2) is 9.97 Å². The van der Waals surface area contributed by atoms with E-state index < -0.39 is 11.9 Å². The van der Waals surface area contributed by atoms with Crippen molar-refractivity contribution in [2.75, 3.05) is 50.5 Å².